The summed E-state index contributed by atoms with van der Waals surface area (Å²) in [5, 5.41) is 32.5. The van der Waals surface area contributed by atoms with Crippen LogP contribution < -0.4 is 63.8 Å². The zero-order chi connectivity index (χ0) is 85.4. The Morgan fingerprint density at radius 2 is 0.530 bits per heavy atom. The van der Waals surface area contributed by atoms with Crippen molar-refractivity contribution in [1.29, 1.82) is 0 Å². The van der Waals surface area contributed by atoms with Gasteiger partial charge in [0.1, 0.15) is 58.7 Å². The average molecular weight is 1590 g/mol. The lowest BCUT2D eigenvalue weighted by Crippen LogP contribution is -2.49. The molecule has 0 aliphatic heterocycles. The lowest BCUT2D eigenvalue weighted by molar-refractivity contribution is -0.119. The van der Waals surface area contributed by atoms with Gasteiger partial charge in [0.05, 0.1) is 12.2 Å². The Bertz CT molecular complexity index is 4270. The standard InChI is InChI=1S/C85H110N12O18/c1-20-111-77(106)56-43-61(47-62(44-56)91-74(103)66(48(2)3)95-70(99)55-41-59(89-75(104)67(49(4)5)96-80(109)114-84(14,15)16)46-60(42-55)90-76(105)68(50(6)7)97-81(110)115-85(17,18)19)88-71(100)63(36-51-30-24-21-25-31-51)92-69(98)54-39-57(86-72(101)64(37-52-32-26-22-27-33-52)93-78(107)112-82(8,9)10)45-58(40-54)87-73(102)65(38-53-34-28-23-29-35-53)94-79(108)113-83(11,12)13/h21-35,39-50,63-68H,20,36-38H2,1-19H3,(H,86,101)(H,87,102)(H,88,100)(H,89,104)(H,90,105)(H,91,103)(H,92,98)(H,93,107)(H,94,108)(H,95,99)(H,96,109)(H,97,110)/t63-,64-,65-,66-,67-,68-/m0/s1. The molecule has 0 bridgehead atoms. The molecule has 30 heteroatoms. The Kier molecular flexibility index (Phi) is 32.5. The highest BCUT2D eigenvalue weighted by Crippen LogP contribution is 2.27. The van der Waals surface area contributed by atoms with Crippen molar-refractivity contribution in [2.24, 2.45) is 17.8 Å². The molecule has 12 N–H and O–H groups in total. The van der Waals surface area contributed by atoms with Crippen LogP contribution in [-0.2, 0) is 71.7 Å². The molecule has 0 unspecified atom stereocenters. The molecule has 0 saturated heterocycles. The van der Waals surface area contributed by atoms with Gasteiger partial charge in [0.25, 0.3) is 11.8 Å². The molecule has 115 heavy (non-hydrogen) atoms. The fraction of sp³-hybridized carbons (Fsp3) is 0.424. The van der Waals surface area contributed by atoms with E-state index in [-0.39, 0.29) is 76.7 Å². The summed E-state index contributed by atoms with van der Waals surface area (Å²) >= 11 is 0. The Labute approximate surface area is 671 Å². The van der Waals surface area contributed by atoms with Gasteiger partial charge in [0.15, 0.2) is 0 Å². The van der Waals surface area contributed by atoms with Crippen molar-refractivity contribution in [3.05, 3.63) is 179 Å². The van der Waals surface area contributed by atoms with Crippen LogP contribution in [0.3, 0.4) is 0 Å². The van der Waals surface area contributed by atoms with Crippen molar-refractivity contribution in [3.8, 4) is 0 Å². The molecule has 6 atom stereocenters. The molecule has 0 aromatic heterocycles. The first-order chi connectivity index (χ1) is 53.7. The maximum atomic E-state index is 15.1. The maximum absolute atomic E-state index is 15.1. The van der Waals surface area contributed by atoms with E-state index in [1.54, 1.807) is 223 Å². The largest absolute Gasteiger partial charge is 0.462 e. The van der Waals surface area contributed by atoms with Gasteiger partial charge in [-0.15, -0.1) is 0 Å². The molecule has 0 saturated carbocycles. The van der Waals surface area contributed by atoms with Crippen LogP contribution >= 0.6 is 0 Å². The van der Waals surface area contributed by atoms with E-state index < -0.39 is 154 Å². The number of alkyl carbamates (subject to hydrolysis) is 4. The molecule has 0 fully saturated rings. The highest BCUT2D eigenvalue weighted by atomic mass is 16.6. The van der Waals surface area contributed by atoms with E-state index >= 15 is 9.59 Å². The quantitative estimate of drug-likeness (QED) is 0.0142. The number of benzene rings is 6. The van der Waals surface area contributed by atoms with E-state index in [0.29, 0.717) is 16.7 Å². The van der Waals surface area contributed by atoms with E-state index in [2.05, 4.69) is 63.8 Å². The molecule has 6 rings (SSSR count). The summed E-state index contributed by atoms with van der Waals surface area (Å²) in [6, 6.07) is 30.1. The summed E-state index contributed by atoms with van der Waals surface area (Å²) in [5.74, 6) is -9.07. The Balaban J connectivity index is 1.37. The van der Waals surface area contributed by atoms with E-state index in [0.717, 1.165) is 0 Å². The zero-order valence-corrected chi connectivity index (χ0v) is 68.7. The lowest BCUT2D eigenvalue weighted by Gasteiger charge is -2.26. The maximum Gasteiger partial charge on any atom is 0.408 e. The van der Waals surface area contributed by atoms with Gasteiger partial charge in [0.2, 0.25) is 35.4 Å². The van der Waals surface area contributed by atoms with Crippen LogP contribution in [0.15, 0.2) is 146 Å². The lowest BCUT2D eigenvalue weighted by atomic mass is 10.0. The summed E-state index contributed by atoms with van der Waals surface area (Å²) in [7, 11) is 0. The van der Waals surface area contributed by atoms with Crippen LogP contribution in [0.1, 0.15) is 179 Å². The van der Waals surface area contributed by atoms with Crippen LogP contribution in [-0.4, -0.2) is 143 Å². The Morgan fingerprint density at radius 1 is 0.296 bits per heavy atom. The van der Waals surface area contributed by atoms with Gasteiger partial charge in [-0.25, -0.2) is 24.0 Å². The van der Waals surface area contributed by atoms with Crippen LogP contribution in [0.25, 0.3) is 0 Å². The summed E-state index contributed by atoms with van der Waals surface area (Å²) in [4.78, 5) is 184. The van der Waals surface area contributed by atoms with Crippen molar-refractivity contribution in [2.45, 2.75) is 209 Å². The molecule has 0 spiro atoms. The highest BCUT2D eigenvalue weighted by molar-refractivity contribution is 6.08. The van der Waals surface area contributed by atoms with Crippen molar-refractivity contribution < 1.29 is 86.0 Å². The second kappa shape index (κ2) is 40.9. The third-order valence-corrected chi connectivity index (χ3v) is 16.4. The van der Waals surface area contributed by atoms with Crippen molar-refractivity contribution >= 4 is 112 Å². The van der Waals surface area contributed by atoms with Crippen LogP contribution in [0, 0.1) is 17.8 Å². The first-order valence-electron chi connectivity index (χ1n) is 37.9. The van der Waals surface area contributed by atoms with Crippen LogP contribution in [0.4, 0.5) is 53.3 Å². The van der Waals surface area contributed by atoms with E-state index in [4.69, 9.17) is 23.7 Å². The first kappa shape index (κ1) is 91.5. The number of rotatable bonds is 31. The normalized spacial score (nSPS) is 13.1. The summed E-state index contributed by atoms with van der Waals surface area (Å²) in [6.07, 6.45) is -3.78. The van der Waals surface area contributed by atoms with E-state index in [1.165, 1.54) is 54.6 Å². The SMILES string of the molecule is CCOC(=O)c1cc(NC(=O)[C@H](Cc2ccccc2)NC(=O)c2cc(NC(=O)[C@H](Cc3ccccc3)NC(=O)OC(C)(C)C)cc(NC(=O)[C@H](Cc3ccccc3)NC(=O)OC(C)(C)C)c2)cc(NC(=O)[C@@H](NC(=O)c2cc(NC(=O)[C@@H](NC(=O)OC(C)(C)C)C(C)C)cc(NC(=O)[C@@H](NC(=O)OC(C)(C)C)C(C)C)c2)C(C)C)c1. The van der Waals surface area contributed by atoms with Gasteiger partial charge in [-0.2, -0.15) is 0 Å². The zero-order valence-electron chi connectivity index (χ0n) is 68.7. The molecule has 618 valence electrons. The van der Waals surface area contributed by atoms with Crippen molar-refractivity contribution in [1.82, 2.24) is 31.9 Å². The second-order valence-corrected chi connectivity index (χ2v) is 32.5. The third kappa shape index (κ3) is 31.6. The van der Waals surface area contributed by atoms with Crippen LogP contribution in [0.5, 0.6) is 0 Å². The smallest absolute Gasteiger partial charge is 0.408 e. The number of nitrogens with one attached hydrogen (secondary N) is 12. The summed E-state index contributed by atoms with van der Waals surface area (Å²) in [5.41, 5.74) is -2.83. The number of ether oxygens (including phenoxy) is 5. The molecule has 6 aromatic rings. The minimum atomic E-state index is -1.48. The minimum Gasteiger partial charge on any atom is -0.462 e. The van der Waals surface area contributed by atoms with Crippen LogP contribution in [0.2, 0.25) is 0 Å². The van der Waals surface area contributed by atoms with E-state index in [9.17, 15) is 52.7 Å². The predicted molar refractivity (Wildman–Crippen MR) is 437 cm³/mol. The Hall–Kier alpha value is -12.4. The molecule has 0 aliphatic carbocycles. The molecule has 0 radical (unpaired) electrons. The minimum absolute atomic E-state index is 0.0249. The van der Waals surface area contributed by atoms with E-state index in [1.807, 2.05) is 0 Å². The molecular weight excluding hydrogens is 1480 g/mol. The van der Waals surface area contributed by atoms with Gasteiger partial charge in [-0.1, -0.05) is 133 Å². The van der Waals surface area contributed by atoms with Gasteiger partial charge in [-0.3, -0.25) is 38.4 Å². The molecular formula is C85H110N12O18. The average Bonchev–Trinajstić information content (AvgIpc) is 0.842. The first-order valence-corrected chi connectivity index (χ1v) is 37.9. The fourth-order valence-electron chi connectivity index (χ4n) is 11.3. The topological polar surface area (TPSA) is 412 Å². The number of amides is 12. The van der Waals surface area contributed by atoms with Crippen molar-refractivity contribution in [2.75, 3.05) is 38.5 Å². The number of carbonyl (C=O) groups is 13. The number of hydrogen-bond donors (Lipinski definition) is 12. The second-order valence-electron chi connectivity index (χ2n) is 32.5. The molecule has 0 heterocycles. The molecule has 0 aliphatic rings. The third-order valence-electron chi connectivity index (χ3n) is 16.4. The number of esters is 1. The molecule has 12 amide bonds. The highest BCUT2D eigenvalue weighted by Gasteiger charge is 2.34. The predicted octanol–water partition coefficient (Wildman–Crippen LogP) is 12.4. The van der Waals surface area contributed by atoms with Crippen molar-refractivity contribution in [3.63, 3.8) is 0 Å². The van der Waals surface area contributed by atoms with Gasteiger partial charge >= 0.3 is 30.3 Å². The molecule has 30 nitrogen and oxygen atoms in total. The van der Waals surface area contributed by atoms with Gasteiger partial charge in [0, 0.05) is 64.5 Å². The monoisotopic (exact) mass is 1590 g/mol. The number of carbonyl (C=O) groups excluding carboxylic acids is 13. The Morgan fingerprint density at radius 3 is 0.791 bits per heavy atom. The fourth-order valence-corrected chi connectivity index (χ4v) is 11.3. The molecule has 6 aromatic carbocycles. The summed E-state index contributed by atoms with van der Waals surface area (Å²) in [6.45, 7) is 31.4. The number of anilines is 6. The summed E-state index contributed by atoms with van der Waals surface area (Å²) < 4.78 is 27.3. The van der Waals surface area contributed by atoms with Gasteiger partial charge in [-0.05, 0) is 179 Å². The number of hydrogen-bond acceptors (Lipinski definition) is 18. The van der Waals surface area contributed by atoms with Gasteiger partial charge < -0.3 is 87.5 Å².